The molecule has 34 heavy (non-hydrogen) atoms. The fourth-order valence-corrected chi connectivity index (χ4v) is 5.88. The van der Waals surface area contributed by atoms with Gasteiger partial charge in [-0.05, 0) is 99.6 Å². The van der Waals surface area contributed by atoms with E-state index in [9.17, 15) is 9.59 Å². The standard InChI is InChI=1S/C28H33N3O2S/c1-7-20-10-8-9-11-23(20)30-26(33)22(25(32)29-27(30)34)15-19-12-13-24-21(14-19)18(4)16-28(5,6)31(24)17(2)3/h8-15,17-18H,7,16H2,1-6H3,(H,29,32,34)/b22-15+. The van der Waals surface area contributed by atoms with Crippen LogP contribution in [-0.2, 0) is 16.0 Å². The van der Waals surface area contributed by atoms with Crippen LogP contribution in [0.4, 0.5) is 11.4 Å². The second-order valence-corrected chi connectivity index (χ2v) is 10.5. The van der Waals surface area contributed by atoms with Gasteiger partial charge in [-0.2, -0.15) is 0 Å². The Morgan fingerprint density at radius 2 is 1.85 bits per heavy atom. The van der Waals surface area contributed by atoms with E-state index in [-0.39, 0.29) is 16.2 Å². The Morgan fingerprint density at radius 3 is 2.53 bits per heavy atom. The fraction of sp³-hybridized carbons (Fsp3) is 0.393. The number of aryl methyl sites for hydroxylation is 1. The molecule has 1 saturated heterocycles. The first-order chi connectivity index (χ1) is 16.0. The largest absolute Gasteiger partial charge is 0.364 e. The summed E-state index contributed by atoms with van der Waals surface area (Å²) in [7, 11) is 0. The summed E-state index contributed by atoms with van der Waals surface area (Å²) in [6.07, 6.45) is 3.47. The number of carbonyl (C=O) groups is 2. The van der Waals surface area contributed by atoms with Gasteiger partial charge in [-0.3, -0.25) is 19.8 Å². The van der Waals surface area contributed by atoms with Crippen LogP contribution in [-0.4, -0.2) is 28.5 Å². The molecule has 1 unspecified atom stereocenters. The summed E-state index contributed by atoms with van der Waals surface area (Å²) in [6, 6.07) is 14.2. The Balaban J connectivity index is 1.75. The summed E-state index contributed by atoms with van der Waals surface area (Å²) >= 11 is 5.38. The van der Waals surface area contributed by atoms with Crippen molar-refractivity contribution in [1.82, 2.24) is 5.32 Å². The lowest BCUT2D eigenvalue weighted by Gasteiger charge is -2.50. The van der Waals surface area contributed by atoms with Gasteiger partial charge < -0.3 is 4.90 Å². The van der Waals surface area contributed by atoms with Gasteiger partial charge in [-0.1, -0.05) is 38.1 Å². The number of amides is 2. The van der Waals surface area contributed by atoms with Crippen molar-refractivity contribution < 1.29 is 9.59 Å². The summed E-state index contributed by atoms with van der Waals surface area (Å²) in [4.78, 5) is 30.2. The van der Waals surface area contributed by atoms with Crippen molar-refractivity contribution >= 4 is 46.6 Å². The van der Waals surface area contributed by atoms with E-state index < -0.39 is 11.8 Å². The van der Waals surface area contributed by atoms with E-state index in [1.807, 2.05) is 37.3 Å². The van der Waals surface area contributed by atoms with Crippen molar-refractivity contribution in [2.45, 2.75) is 71.9 Å². The van der Waals surface area contributed by atoms with Crippen LogP contribution in [0.1, 0.15) is 70.6 Å². The molecule has 178 valence electrons. The van der Waals surface area contributed by atoms with Crippen molar-refractivity contribution in [3.63, 3.8) is 0 Å². The van der Waals surface area contributed by atoms with E-state index in [1.54, 1.807) is 6.08 Å². The molecule has 2 aromatic carbocycles. The first-order valence-electron chi connectivity index (χ1n) is 12.0. The molecule has 5 nitrogen and oxygen atoms in total. The van der Waals surface area contributed by atoms with Gasteiger partial charge in [0.2, 0.25) is 0 Å². The maximum atomic E-state index is 13.5. The average molecular weight is 476 g/mol. The molecular weight excluding hydrogens is 442 g/mol. The van der Waals surface area contributed by atoms with Crippen LogP contribution in [0, 0.1) is 0 Å². The van der Waals surface area contributed by atoms with Gasteiger partial charge in [0.25, 0.3) is 11.8 Å². The molecule has 0 radical (unpaired) electrons. The van der Waals surface area contributed by atoms with E-state index in [1.165, 1.54) is 16.2 Å². The topological polar surface area (TPSA) is 52.7 Å². The van der Waals surface area contributed by atoms with Gasteiger partial charge in [0.15, 0.2) is 5.11 Å². The number of hydrogen-bond donors (Lipinski definition) is 1. The third-order valence-electron chi connectivity index (χ3n) is 6.84. The van der Waals surface area contributed by atoms with Crippen molar-refractivity contribution in [3.8, 4) is 0 Å². The number of para-hydroxylation sites is 1. The van der Waals surface area contributed by atoms with Crippen LogP contribution in [0.5, 0.6) is 0 Å². The smallest absolute Gasteiger partial charge is 0.270 e. The van der Waals surface area contributed by atoms with Crippen LogP contribution in [0.3, 0.4) is 0 Å². The predicted octanol–water partition coefficient (Wildman–Crippen LogP) is 5.58. The highest BCUT2D eigenvalue weighted by atomic mass is 32.1. The molecule has 1 atom stereocenters. The monoisotopic (exact) mass is 475 g/mol. The van der Waals surface area contributed by atoms with Crippen molar-refractivity contribution in [3.05, 3.63) is 64.7 Å². The van der Waals surface area contributed by atoms with Gasteiger partial charge in [-0.25, -0.2) is 0 Å². The molecule has 0 aliphatic carbocycles. The lowest BCUT2D eigenvalue weighted by Crippen LogP contribution is -2.54. The SMILES string of the molecule is CCc1ccccc1N1C(=O)/C(=C/c2ccc3c(c2)C(C)CC(C)(C)N3C(C)C)C(=O)NC1=S. The fourth-order valence-electron chi connectivity index (χ4n) is 5.61. The van der Waals surface area contributed by atoms with Crippen LogP contribution >= 0.6 is 12.2 Å². The summed E-state index contributed by atoms with van der Waals surface area (Å²) < 4.78 is 0. The number of thiocarbonyl (C=S) groups is 1. The molecule has 2 aliphatic rings. The van der Waals surface area contributed by atoms with Crippen LogP contribution in [0.2, 0.25) is 0 Å². The number of nitrogens with one attached hydrogen (secondary N) is 1. The predicted molar refractivity (Wildman–Crippen MR) is 143 cm³/mol. The van der Waals surface area contributed by atoms with Crippen LogP contribution in [0.25, 0.3) is 6.08 Å². The van der Waals surface area contributed by atoms with Crippen molar-refractivity contribution in [1.29, 1.82) is 0 Å². The quantitative estimate of drug-likeness (QED) is 0.356. The number of rotatable bonds is 4. The zero-order valence-corrected chi connectivity index (χ0v) is 21.6. The Hall–Kier alpha value is -2.99. The third-order valence-corrected chi connectivity index (χ3v) is 7.13. The molecule has 6 heteroatoms. The molecule has 0 spiro atoms. The van der Waals surface area contributed by atoms with Gasteiger partial charge in [0.1, 0.15) is 5.57 Å². The molecular formula is C28H33N3O2S. The number of anilines is 2. The van der Waals surface area contributed by atoms with Crippen LogP contribution in [0.15, 0.2) is 48.0 Å². The molecule has 1 N–H and O–H groups in total. The molecule has 2 heterocycles. The van der Waals surface area contributed by atoms with E-state index in [0.717, 1.165) is 24.0 Å². The maximum Gasteiger partial charge on any atom is 0.270 e. The molecule has 0 aromatic heterocycles. The number of carbonyl (C=O) groups excluding carboxylic acids is 2. The van der Waals surface area contributed by atoms with Crippen LogP contribution < -0.4 is 15.1 Å². The number of nitrogens with zero attached hydrogens (tertiary/aromatic N) is 2. The highest BCUT2D eigenvalue weighted by Gasteiger charge is 2.38. The van der Waals surface area contributed by atoms with Gasteiger partial charge >= 0.3 is 0 Å². The minimum Gasteiger partial charge on any atom is -0.364 e. The highest BCUT2D eigenvalue weighted by molar-refractivity contribution is 7.80. The Labute approximate surface area is 207 Å². The van der Waals surface area contributed by atoms with E-state index >= 15 is 0 Å². The highest BCUT2D eigenvalue weighted by Crippen LogP contribution is 2.44. The molecule has 1 fully saturated rings. The Kier molecular flexibility index (Phi) is 6.38. The first kappa shape index (κ1) is 24.1. The molecule has 2 aromatic rings. The van der Waals surface area contributed by atoms with E-state index in [4.69, 9.17) is 12.2 Å². The lowest BCUT2D eigenvalue weighted by atomic mass is 9.78. The summed E-state index contributed by atoms with van der Waals surface area (Å²) in [5.74, 6) is -0.490. The maximum absolute atomic E-state index is 13.5. The number of hydrogen-bond acceptors (Lipinski definition) is 4. The minimum absolute atomic E-state index is 0.0582. The Morgan fingerprint density at radius 1 is 1.15 bits per heavy atom. The summed E-state index contributed by atoms with van der Waals surface area (Å²) in [5.41, 5.74) is 5.15. The van der Waals surface area contributed by atoms with Gasteiger partial charge in [-0.15, -0.1) is 0 Å². The lowest BCUT2D eigenvalue weighted by molar-refractivity contribution is -0.122. The molecule has 4 rings (SSSR count). The average Bonchev–Trinajstić information content (AvgIpc) is 2.76. The third kappa shape index (κ3) is 4.16. The molecule has 0 bridgehead atoms. The zero-order valence-electron chi connectivity index (χ0n) is 20.8. The number of benzene rings is 2. The number of fused-ring (bicyclic) bond motifs is 1. The van der Waals surface area contributed by atoms with E-state index in [0.29, 0.717) is 17.6 Å². The summed E-state index contributed by atoms with van der Waals surface area (Å²) in [6.45, 7) is 13.3. The molecule has 2 aliphatic heterocycles. The van der Waals surface area contributed by atoms with E-state index in [2.05, 4.69) is 57.0 Å². The Bertz CT molecular complexity index is 1200. The molecule has 0 saturated carbocycles. The van der Waals surface area contributed by atoms with Gasteiger partial charge in [0.05, 0.1) is 5.69 Å². The van der Waals surface area contributed by atoms with Gasteiger partial charge in [0, 0.05) is 17.3 Å². The second-order valence-electron chi connectivity index (χ2n) is 10.1. The first-order valence-corrected chi connectivity index (χ1v) is 12.4. The van der Waals surface area contributed by atoms with Crippen molar-refractivity contribution in [2.75, 3.05) is 9.80 Å². The molecule has 2 amide bonds. The zero-order chi connectivity index (χ0) is 24.8. The minimum atomic E-state index is -0.462. The van der Waals surface area contributed by atoms with Crippen molar-refractivity contribution in [2.24, 2.45) is 0 Å². The normalized spacial score (nSPS) is 21.2. The second kappa shape index (κ2) is 8.99. The summed E-state index contributed by atoms with van der Waals surface area (Å²) in [5, 5.41) is 2.82.